The first-order chi connectivity index (χ1) is 8.61. The first-order valence-corrected chi connectivity index (χ1v) is 7.66. The number of hydrogen-bond acceptors (Lipinski definition) is 2. The zero-order valence-electron chi connectivity index (χ0n) is 11.6. The smallest absolute Gasteiger partial charge is 0.123 e. The first-order valence-electron chi connectivity index (χ1n) is 6.67. The van der Waals surface area contributed by atoms with Gasteiger partial charge in [0.2, 0.25) is 0 Å². The number of benzene rings is 1. The van der Waals surface area contributed by atoms with E-state index in [1.54, 1.807) is 11.8 Å². The van der Waals surface area contributed by atoms with Crippen molar-refractivity contribution in [3.8, 4) is 0 Å². The van der Waals surface area contributed by atoms with E-state index in [2.05, 4.69) is 19.2 Å². The van der Waals surface area contributed by atoms with E-state index < -0.39 is 0 Å². The molecule has 0 amide bonds. The Morgan fingerprint density at radius 3 is 2.39 bits per heavy atom. The van der Waals surface area contributed by atoms with Crippen LogP contribution in [0.15, 0.2) is 29.2 Å². The molecule has 18 heavy (non-hydrogen) atoms. The van der Waals surface area contributed by atoms with Crippen LogP contribution in [0.25, 0.3) is 0 Å². The van der Waals surface area contributed by atoms with Gasteiger partial charge in [0.15, 0.2) is 0 Å². The Kier molecular flexibility index (Phi) is 7.36. The summed E-state index contributed by atoms with van der Waals surface area (Å²) in [7, 11) is 2.02. The average molecular weight is 269 g/mol. The van der Waals surface area contributed by atoms with E-state index in [1.807, 2.05) is 19.2 Å². The van der Waals surface area contributed by atoms with Crippen LogP contribution in [0.5, 0.6) is 0 Å². The highest BCUT2D eigenvalue weighted by Gasteiger charge is 2.07. The van der Waals surface area contributed by atoms with E-state index in [0.717, 1.165) is 16.6 Å². The van der Waals surface area contributed by atoms with Crippen LogP contribution in [0.2, 0.25) is 0 Å². The third kappa shape index (κ3) is 6.41. The molecule has 0 aliphatic heterocycles. The van der Waals surface area contributed by atoms with Gasteiger partial charge >= 0.3 is 0 Å². The van der Waals surface area contributed by atoms with E-state index in [4.69, 9.17) is 0 Å². The molecule has 1 rings (SSSR count). The van der Waals surface area contributed by atoms with Crippen LogP contribution in [0.1, 0.15) is 33.1 Å². The van der Waals surface area contributed by atoms with E-state index >= 15 is 0 Å². The van der Waals surface area contributed by atoms with Crippen LogP contribution in [-0.2, 0) is 0 Å². The fraction of sp³-hybridized carbons (Fsp3) is 0.600. The Balaban J connectivity index is 2.28. The molecule has 1 nitrogen and oxygen atoms in total. The third-order valence-corrected chi connectivity index (χ3v) is 4.18. The molecule has 0 aliphatic carbocycles. The van der Waals surface area contributed by atoms with Crippen molar-refractivity contribution in [1.29, 1.82) is 0 Å². The van der Waals surface area contributed by atoms with Crippen molar-refractivity contribution < 1.29 is 4.39 Å². The first kappa shape index (κ1) is 15.5. The molecular weight excluding hydrogens is 245 g/mol. The zero-order chi connectivity index (χ0) is 13.4. The number of hydrogen-bond donors (Lipinski definition) is 1. The summed E-state index contributed by atoms with van der Waals surface area (Å²) in [6, 6.07) is 7.28. The normalized spacial score (nSPS) is 12.9. The van der Waals surface area contributed by atoms with Crippen LogP contribution in [0.4, 0.5) is 4.39 Å². The topological polar surface area (TPSA) is 12.0 Å². The second-order valence-corrected chi connectivity index (χ2v) is 6.17. The summed E-state index contributed by atoms with van der Waals surface area (Å²) in [4.78, 5) is 1.14. The number of thioether (sulfide) groups is 1. The van der Waals surface area contributed by atoms with E-state index in [-0.39, 0.29) is 5.82 Å². The van der Waals surface area contributed by atoms with Gasteiger partial charge in [-0.25, -0.2) is 4.39 Å². The average Bonchev–Trinajstić information content (AvgIpc) is 2.35. The molecule has 1 N–H and O–H groups in total. The summed E-state index contributed by atoms with van der Waals surface area (Å²) < 4.78 is 12.8. The summed E-state index contributed by atoms with van der Waals surface area (Å²) in [6.07, 6.45) is 3.77. The molecule has 1 unspecified atom stereocenters. The van der Waals surface area contributed by atoms with E-state index in [0.29, 0.717) is 6.04 Å². The van der Waals surface area contributed by atoms with Gasteiger partial charge in [-0.05, 0) is 43.7 Å². The Morgan fingerprint density at radius 2 is 1.83 bits per heavy atom. The molecule has 1 atom stereocenters. The molecular formula is C15H24FNS. The minimum atomic E-state index is -0.165. The molecule has 0 fully saturated rings. The highest BCUT2D eigenvalue weighted by atomic mass is 32.2. The number of rotatable bonds is 8. The summed E-state index contributed by atoms with van der Waals surface area (Å²) >= 11 is 1.79. The molecule has 0 bridgehead atoms. The molecule has 0 aliphatic rings. The van der Waals surface area contributed by atoms with Gasteiger partial charge < -0.3 is 5.32 Å². The monoisotopic (exact) mass is 269 g/mol. The standard InChI is InChI=1S/C15H24FNS/c1-12(2)5-4-6-14(17-3)11-18-15-9-7-13(16)8-10-15/h7-10,12,14,17H,4-6,11H2,1-3H3. The minimum absolute atomic E-state index is 0.165. The predicted octanol–water partition coefficient (Wildman–Crippen LogP) is 4.33. The molecule has 1 aromatic carbocycles. The lowest BCUT2D eigenvalue weighted by molar-refractivity contribution is 0.483. The second-order valence-electron chi connectivity index (χ2n) is 5.08. The largest absolute Gasteiger partial charge is 0.316 e. The van der Waals surface area contributed by atoms with Crippen molar-refractivity contribution in [2.75, 3.05) is 12.8 Å². The summed E-state index contributed by atoms with van der Waals surface area (Å²) in [5.41, 5.74) is 0. The lowest BCUT2D eigenvalue weighted by Crippen LogP contribution is -2.27. The fourth-order valence-corrected chi connectivity index (χ4v) is 2.87. The van der Waals surface area contributed by atoms with E-state index in [9.17, 15) is 4.39 Å². The Labute approximate surface area is 115 Å². The molecule has 0 saturated carbocycles. The molecule has 0 saturated heterocycles. The molecule has 0 radical (unpaired) electrons. The molecule has 0 spiro atoms. The molecule has 0 heterocycles. The predicted molar refractivity (Wildman–Crippen MR) is 78.7 cm³/mol. The molecule has 3 heteroatoms. The van der Waals surface area contributed by atoms with Crippen LogP contribution in [0, 0.1) is 11.7 Å². The van der Waals surface area contributed by atoms with Crippen LogP contribution >= 0.6 is 11.8 Å². The Bertz CT molecular complexity index is 324. The van der Waals surface area contributed by atoms with Gasteiger partial charge in [0.05, 0.1) is 0 Å². The van der Waals surface area contributed by atoms with Crippen LogP contribution in [0.3, 0.4) is 0 Å². The minimum Gasteiger partial charge on any atom is -0.316 e. The highest BCUT2D eigenvalue weighted by Crippen LogP contribution is 2.20. The van der Waals surface area contributed by atoms with Gasteiger partial charge in [-0.15, -0.1) is 11.8 Å². The van der Waals surface area contributed by atoms with E-state index in [1.165, 1.54) is 31.4 Å². The quantitative estimate of drug-likeness (QED) is 0.705. The fourth-order valence-electron chi connectivity index (χ4n) is 1.81. The second kappa shape index (κ2) is 8.54. The maximum absolute atomic E-state index is 12.8. The van der Waals surface area contributed by atoms with Crippen LogP contribution in [-0.4, -0.2) is 18.8 Å². The van der Waals surface area contributed by atoms with Gasteiger partial charge in [0, 0.05) is 16.7 Å². The Morgan fingerprint density at radius 1 is 1.17 bits per heavy atom. The van der Waals surface area contributed by atoms with Crippen molar-refractivity contribution >= 4 is 11.8 Å². The highest BCUT2D eigenvalue weighted by molar-refractivity contribution is 7.99. The molecule has 102 valence electrons. The maximum Gasteiger partial charge on any atom is 0.123 e. The van der Waals surface area contributed by atoms with Crippen LogP contribution < -0.4 is 5.32 Å². The number of nitrogens with one attached hydrogen (secondary N) is 1. The van der Waals surface area contributed by atoms with Crippen molar-refractivity contribution in [1.82, 2.24) is 5.32 Å². The van der Waals surface area contributed by atoms with Crippen molar-refractivity contribution in [3.05, 3.63) is 30.1 Å². The summed E-state index contributed by atoms with van der Waals surface area (Å²) in [5, 5.41) is 3.36. The lowest BCUT2D eigenvalue weighted by Gasteiger charge is -2.16. The summed E-state index contributed by atoms with van der Waals surface area (Å²) in [5.74, 6) is 1.66. The van der Waals surface area contributed by atoms with Gasteiger partial charge in [0.25, 0.3) is 0 Å². The number of halogens is 1. The van der Waals surface area contributed by atoms with Gasteiger partial charge in [-0.2, -0.15) is 0 Å². The molecule has 1 aromatic rings. The van der Waals surface area contributed by atoms with Gasteiger partial charge in [-0.1, -0.05) is 26.7 Å². The maximum atomic E-state index is 12.8. The van der Waals surface area contributed by atoms with Crippen molar-refractivity contribution in [2.24, 2.45) is 5.92 Å². The lowest BCUT2D eigenvalue weighted by atomic mass is 10.0. The van der Waals surface area contributed by atoms with Crippen molar-refractivity contribution in [2.45, 2.75) is 44.0 Å². The third-order valence-electron chi connectivity index (χ3n) is 3.01. The zero-order valence-corrected chi connectivity index (χ0v) is 12.4. The summed E-state index contributed by atoms with van der Waals surface area (Å²) in [6.45, 7) is 4.53. The molecule has 0 aromatic heterocycles. The van der Waals surface area contributed by atoms with Gasteiger partial charge in [-0.3, -0.25) is 0 Å². The SMILES string of the molecule is CNC(CCCC(C)C)CSc1ccc(F)cc1. The van der Waals surface area contributed by atoms with Gasteiger partial charge in [0.1, 0.15) is 5.82 Å². The Hall–Kier alpha value is -0.540. The van der Waals surface area contributed by atoms with Crippen molar-refractivity contribution in [3.63, 3.8) is 0 Å².